The zero-order chi connectivity index (χ0) is 21.3. The minimum atomic E-state index is -0.282. The molecule has 4 rings (SSSR count). The Morgan fingerprint density at radius 3 is 2.30 bits per heavy atom. The van der Waals surface area contributed by atoms with Gasteiger partial charge in [0, 0.05) is 21.8 Å². The molecule has 1 aromatic heterocycles. The number of halogens is 2. The molecule has 0 saturated heterocycles. The van der Waals surface area contributed by atoms with Crippen molar-refractivity contribution in [3.8, 4) is 16.9 Å². The molecule has 1 N–H and O–H groups in total. The summed E-state index contributed by atoms with van der Waals surface area (Å²) in [6, 6.07) is 22.5. The number of hydrogen-bond acceptors (Lipinski definition) is 2. The minimum absolute atomic E-state index is 0.282. The number of rotatable bonds is 4. The van der Waals surface area contributed by atoms with Gasteiger partial charge in [0.25, 0.3) is 5.91 Å². The van der Waals surface area contributed by atoms with Gasteiger partial charge in [-0.25, -0.2) is 4.68 Å². The highest BCUT2D eigenvalue weighted by Gasteiger charge is 2.23. The van der Waals surface area contributed by atoms with Gasteiger partial charge in [-0.3, -0.25) is 4.79 Å². The largest absolute Gasteiger partial charge is 0.321 e. The van der Waals surface area contributed by atoms with Gasteiger partial charge < -0.3 is 5.32 Å². The predicted octanol–water partition coefficient (Wildman–Crippen LogP) is 6.72. The summed E-state index contributed by atoms with van der Waals surface area (Å²) in [6.45, 7) is 3.86. The van der Waals surface area contributed by atoms with Crippen LogP contribution in [0.3, 0.4) is 0 Å². The second-order valence-corrected chi connectivity index (χ2v) is 7.86. The van der Waals surface area contributed by atoms with Gasteiger partial charge in [-0.1, -0.05) is 59.6 Å². The van der Waals surface area contributed by atoms with Crippen LogP contribution < -0.4 is 5.32 Å². The van der Waals surface area contributed by atoms with Crippen molar-refractivity contribution in [3.63, 3.8) is 0 Å². The zero-order valence-electron chi connectivity index (χ0n) is 16.5. The molecule has 4 nitrogen and oxygen atoms in total. The van der Waals surface area contributed by atoms with E-state index in [-0.39, 0.29) is 5.91 Å². The van der Waals surface area contributed by atoms with E-state index in [1.165, 1.54) is 0 Å². The molecule has 3 aromatic carbocycles. The van der Waals surface area contributed by atoms with E-state index in [1.807, 2.05) is 86.6 Å². The molecule has 0 spiro atoms. The van der Waals surface area contributed by atoms with Gasteiger partial charge in [0.1, 0.15) is 0 Å². The fourth-order valence-electron chi connectivity index (χ4n) is 3.33. The fourth-order valence-corrected chi connectivity index (χ4v) is 3.77. The number of nitrogens with zero attached hydrogens (tertiary/aromatic N) is 2. The van der Waals surface area contributed by atoms with Crippen LogP contribution in [-0.2, 0) is 0 Å². The highest BCUT2D eigenvalue weighted by molar-refractivity contribution is 6.32. The number of amides is 1. The van der Waals surface area contributed by atoms with E-state index in [2.05, 4.69) is 10.4 Å². The van der Waals surface area contributed by atoms with E-state index in [0.717, 1.165) is 22.4 Å². The molecular formula is C24H19Cl2N3O. The van der Waals surface area contributed by atoms with Crippen molar-refractivity contribution >= 4 is 34.8 Å². The average Bonchev–Trinajstić information content (AvgIpc) is 3.06. The van der Waals surface area contributed by atoms with Crippen LogP contribution in [0.2, 0.25) is 10.0 Å². The molecule has 0 bridgehead atoms. The van der Waals surface area contributed by atoms with Crippen LogP contribution in [0.4, 0.5) is 5.69 Å². The van der Waals surface area contributed by atoms with E-state index < -0.39 is 0 Å². The number of anilines is 1. The molecule has 0 saturated carbocycles. The second-order valence-electron chi connectivity index (χ2n) is 7.02. The Labute approximate surface area is 185 Å². The van der Waals surface area contributed by atoms with Gasteiger partial charge >= 0.3 is 0 Å². The van der Waals surface area contributed by atoms with Gasteiger partial charge in [0.2, 0.25) is 0 Å². The molecule has 150 valence electrons. The molecule has 0 radical (unpaired) electrons. The van der Waals surface area contributed by atoms with E-state index >= 15 is 0 Å². The number of carbonyl (C=O) groups excluding carboxylic acids is 1. The average molecular weight is 436 g/mol. The third-order valence-electron chi connectivity index (χ3n) is 4.82. The zero-order valence-corrected chi connectivity index (χ0v) is 18.0. The molecule has 0 aliphatic rings. The van der Waals surface area contributed by atoms with E-state index in [4.69, 9.17) is 23.2 Å². The van der Waals surface area contributed by atoms with E-state index in [9.17, 15) is 4.79 Å². The molecule has 1 heterocycles. The lowest BCUT2D eigenvalue weighted by Crippen LogP contribution is -2.14. The third kappa shape index (κ3) is 3.97. The Morgan fingerprint density at radius 2 is 1.63 bits per heavy atom. The van der Waals surface area contributed by atoms with Crippen molar-refractivity contribution < 1.29 is 4.79 Å². The summed E-state index contributed by atoms with van der Waals surface area (Å²) < 4.78 is 1.72. The van der Waals surface area contributed by atoms with Crippen molar-refractivity contribution in [2.75, 3.05) is 5.32 Å². The van der Waals surface area contributed by atoms with Crippen molar-refractivity contribution in [2.45, 2.75) is 13.8 Å². The predicted molar refractivity (Wildman–Crippen MR) is 123 cm³/mol. The monoisotopic (exact) mass is 435 g/mol. The maximum absolute atomic E-state index is 13.0. The molecule has 0 aliphatic carbocycles. The Kier molecular flexibility index (Phi) is 5.62. The number of aryl methyl sites for hydroxylation is 1. The standard InChI is InChI=1S/C24H19Cl2N3O/c1-15-8-13-21(20(26)14-15)29-23(17-9-11-18(25)12-10-17)16(2)22(28-29)24(30)27-19-6-4-3-5-7-19/h3-14H,1-2H3,(H,27,30). The van der Waals surface area contributed by atoms with Gasteiger partial charge in [-0.2, -0.15) is 5.10 Å². The van der Waals surface area contributed by atoms with E-state index in [0.29, 0.717) is 27.1 Å². The number of para-hydroxylation sites is 1. The summed E-state index contributed by atoms with van der Waals surface area (Å²) in [5, 5.41) is 8.75. The number of benzene rings is 3. The highest BCUT2D eigenvalue weighted by atomic mass is 35.5. The molecule has 0 aliphatic heterocycles. The SMILES string of the molecule is Cc1ccc(-n2nc(C(=O)Nc3ccccc3)c(C)c2-c2ccc(Cl)cc2)c(Cl)c1. The first-order valence-electron chi connectivity index (χ1n) is 9.42. The molecule has 6 heteroatoms. The van der Waals surface area contributed by atoms with E-state index in [1.54, 1.807) is 4.68 Å². The van der Waals surface area contributed by atoms with Crippen LogP contribution in [0.15, 0.2) is 72.8 Å². The van der Waals surface area contributed by atoms with Crippen molar-refractivity contribution in [1.82, 2.24) is 9.78 Å². The molecule has 4 aromatic rings. The van der Waals surface area contributed by atoms with Crippen LogP contribution >= 0.6 is 23.2 Å². The summed E-state index contributed by atoms with van der Waals surface area (Å²) in [4.78, 5) is 13.0. The Bertz CT molecular complexity index is 1220. The van der Waals surface area contributed by atoms with Crippen molar-refractivity contribution in [2.24, 2.45) is 0 Å². The van der Waals surface area contributed by atoms with Crippen LogP contribution in [0.25, 0.3) is 16.9 Å². The van der Waals surface area contributed by atoms with Crippen molar-refractivity contribution in [3.05, 3.63) is 99.7 Å². The molecular weight excluding hydrogens is 417 g/mol. The number of aromatic nitrogens is 2. The van der Waals surface area contributed by atoms with Crippen molar-refractivity contribution in [1.29, 1.82) is 0 Å². The summed E-state index contributed by atoms with van der Waals surface area (Å²) >= 11 is 12.6. The van der Waals surface area contributed by atoms with Gasteiger partial charge in [-0.15, -0.1) is 0 Å². The Balaban J connectivity index is 1.86. The lowest BCUT2D eigenvalue weighted by atomic mass is 10.1. The molecule has 0 atom stereocenters. The Hall–Kier alpha value is -3.08. The molecule has 0 fully saturated rings. The second kappa shape index (κ2) is 8.34. The first kappa shape index (κ1) is 20.2. The van der Waals surface area contributed by atoms with Crippen LogP contribution in [0.1, 0.15) is 21.6 Å². The maximum Gasteiger partial charge on any atom is 0.276 e. The summed E-state index contributed by atoms with van der Waals surface area (Å²) in [7, 11) is 0. The first-order valence-corrected chi connectivity index (χ1v) is 10.2. The fraction of sp³-hybridized carbons (Fsp3) is 0.0833. The van der Waals surface area contributed by atoms with Gasteiger partial charge in [-0.05, 0) is 55.8 Å². The minimum Gasteiger partial charge on any atom is -0.321 e. The Morgan fingerprint density at radius 1 is 0.933 bits per heavy atom. The molecule has 30 heavy (non-hydrogen) atoms. The lowest BCUT2D eigenvalue weighted by Gasteiger charge is -2.11. The summed E-state index contributed by atoms with van der Waals surface area (Å²) in [5.41, 5.74) is 5.22. The normalized spacial score (nSPS) is 10.8. The number of nitrogens with one attached hydrogen (secondary N) is 1. The summed E-state index contributed by atoms with van der Waals surface area (Å²) in [6.07, 6.45) is 0. The summed E-state index contributed by atoms with van der Waals surface area (Å²) in [5.74, 6) is -0.282. The molecule has 1 amide bonds. The van der Waals surface area contributed by atoms with Crippen LogP contribution in [-0.4, -0.2) is 15.7 Å². The van der Waals surface area contributed by atoms with Crippen LogP contribution in [0.5, 0.6) is 0 Å². The smallest absolute Gasteiger partial charge is 0.276 e. The van der Waals surface area contributed by atoms with Crippen LogP contribution in [0, 0.1) is 13.8 Å². The topological polar surface area (TPSA) is 46.9 Å². The third-order valence-corrected chi connectivity index (χ3v) is 5.37. The first-order chi connectivity index (χ1) is 14.4. The number of hydrogen-bond donors (Lipinski definition) is 1. The number of carbonyl (C=O) groups is 1. The lowest BCUT2D eigenvalue weighted by molar-refractivity contribution is 0.102. The quantitative estimate of drug-likeness (QED) is 0.386. The maximum atomic E-state index is 13.0. The molecule has 0 unspecified atom stereocenters. The van der Waals surface area contributed by atoms with Gasteiger partial charge in [0.15, 0.2) is 5.69 Å². The highest BCUT2D eigenvalue weighted by Crippen LogP contribution is 2.32. The van der Waals surface area contributed by atoms with Gasteiger partial charge in [0.05, 0.1) is 16.4 Å².